The molecule has 82 valence electrons. The molecule has 0 atom stereocenters. The summed E-state index contributed by atoms with van der Waals surface area (Å²) in [6.07, 6.45) is 2.24. The second kappa shape index (κ2) is 5.32. The molecule has 0 aromatic rings. The molecule has 0 bridgehead atoms. The fraction of sp³-hybridized carbons (Fsp3) is 0.900. The lowest BCUT2D eigenvalue weighted by Crippen LogP contribution is -2.47. The molecule has 4 nitrogen and oxygen atoms in total. The lowest BCUT2D eigenvalue weighted by Gasteiger charge is -2.40. The molecule has 1 saturated carbocycles. The van der Waals surface area contributed by atoms with Crippen molar-refractivity contribution in [1.29, 1.82) is 0 Å². The zero-order valence-corrected chi connectivity index (χ0v) is 8.90. The van der Waals surface area contributed by atoms with Gasteiger partial charge in [0.1, 0.15) is 0 Å². The minimum Gasteiger partial charge on any atom is -0.480 e. The summed E-state index contributed by atoms with van der Waals surface area (Å²) in [4.78, 5) is 12.6. The fourth-order valence-corrected chi connectivity index (χ4v) is 1.93. The molecule has 4 heteroatoms. The highest BCUT2D eigenvalue weighted by Crippen LogP contribution is 2.30. The summed E-state index contributed by atoms with van der Waals surface area (Å²) in [7, 11) is 1.64. The van der Waals surface area contributed by atoms with E-state index in [2.05, 4.69) is 6.92 Å². The van der Waals surface area contributed by atoms with Crippen molar-refractivity contribution in [2.24, 2.45) is 5.92 Å². The van der Waals surface area contributed by atoms with Crippen LogP contribution in [0.5, 0.6) is 0 Å². The van der Waals surface area contributed by atoms with Crippen LogP contribution < -0.4 is 0 Å². The summed E-state index contributed by atoms with van der Waals surface area (Å²) in [6.45, 7) is 3.67. The smallest absolute Gasteiger partial charge is 0.317 e. The Morgan fingerprint density at radius 1 is 1.57 bits per heavy atom. The van der Waals surface area contributed by atoms with Gasteiger partial charge in [-0.3, -0.25) is 9.69 Å². The molecule has 0 aliphatic heterocycles. The normalized spacial score (nSPS) is 26.2. The van der Waals surface area contributed by atoms with E-state index in [9.17, 15) is 4.79 Å². The molecule has 1 fully saturated rings. The van der Waals surface area contributed by atoms with Gasteiger partial charge in [-0.1, -0.05) is 6.92 Å². The van der Waals surface area contributed by atoms with Gasteiger partial charge in [0.15, 0.2) is 0 Å². The van der Waals surface area contributed by atoms with Crippen LogP contribution >= 0.6 is 0 Å². The number of ether oxygens (including phenoxy) is 1. The highest BCUT2D eigenvalue weighted by molar-refractivity contribution is 5.69. The molecule has 1 N–H and O–H groups in total. The van der Waals surface area contributed by atoms with Gasteiger partial charge in [-0.05, 0) is 18.8 Å². The third kappa shape index (κ3) is 3.27. The molecule has 0 aromatic heterocycles. The zero-order chi connectivity index (χ0) is 10.6. The van der Waals surface area contributed by atoms with Crippen molar-refractivity contribution >= 4 is 5.97 Å². The van der Waals surface area contributed by atoms with Gasteiger partial charge in [0.2, 0.25) is 0 Å². The molecular formula is C10H19NO3. The highest BCUT2D eigenvalue weighted by atomic mass is 16.5. The molecular weight excluding hydrogens is 182 g/mol. The maximum atomic E-state index is 10.6. The molecule has 0 spiro atoms. The first kappa shape index (κ1) is 11.5. The van der Waals surface area contributed by atoms with Crippen LogP contribution in [0.15, 0.2) is 0 Å². The number of hydrogen-bond acceptors (Lipinski definition) is 3. The number of carboxylic acid groups (broad SMARTS) is 1. The van der Waals surface area contributed by atoms with Gasteiger partial charge in [-0.15, -0.1) is 0 Å². The third-order valence-corrected chi connectivity index (χ3v) is 2.79. The van der Waals surface area contributed by atoms with Crippen molar-refractivity contribution in [1.82, 2.24) is 4.90 Å². The van der Waals surface area contributed by atoms with Gasteiger partial charge in [-0.25, -0.2) is 0 Å². The lowest BCUT2D eigenvalue weighted by molar-refractivity contribution is -0.139. The average molecular weight is 201 g/mol. The van der Waals surface area contributed by atoms with E-state index in [1.54, 1.807) is 7.11 Å². The largest absolute Gasteiger partial charge is 0.480 e. The number of rotatable bonds is 6. The second-order valence-electron chi connectivity index (χ2n) is 4.09. The maximum absolute atomic E-state index is 10.6. The molecule has 0 amide bonds. The van der Waals surface area contributed by atoms with Crippen LogP contribution in [0.3, 0.4) is 0 Å². The topological polar surface area (TPSA) is 49.8 Å². The van der Waals surface area contributed by atoms with Crippen molar-refractivity contribution in [3.8, 4) is 0 Å². The van der Waals surface area contributed by atoms with Crippen LogP contribution in [0.4, 0.5) is 0 Å². The van der Waals surface area contributed by atoms with E-state index in [0.717, 1.165) is 25.3 Å². The maximum Gasteiger partial charge on any atom is 0.317 e. The van der Waals surface area contributed by atoms with Crippen molar-refractivity contribution in [2.75, 3.05) is 26.8 Å². The number of methoxy groups -OCH3 is 1. The zero-order valence-electron chi connectivity index (χ0n) is 8.90. The number of aliphatic carboxylic acids is 1. The molecule has 0 heterocycles. The van der Waals surface area contributed by atoms with Crippen molar-refractivity contribution in [3.05, 3.63) is 0 Å². The monoisotopic (exact) mass is 201 g/mol. The molecule has 1 aliphatic rings. The predicted molar refractivity (Wildman–Crippen MR) is 53.3 cm³/mol. The molecule has 1 aliphatic carbocycles. The first-order valence-electron chi connectivity index (χ1n) is 5.08. The van der Waals surface area contributed by atoms with Crippen molar-refractivity contribution < 1.29 is 14.6 Å². The summed E-state index contributed by atoms with van der Waals surface area (Å²) < 4.78 is 4.96. The number of carboxylic acids is 1. The number of hydrogen-bond donors (Lipinski definition) is 1. The number of nitrogens with zero attached hydrogens (tertiary/aromatic N) is 1. The van der Waals surface area contributed by atoms with Gasteiger partial charge < -0.3 is 9.84 Å². The van der Waals surface area contributed by atoms with Gasteiger partial charge in [-0.2, -0.15) is 0 Å². The fourth-order valence-electron chi connectivity index (χ4n) is 1.93. The minimum absolute atomic E-state index is 0.140. The summed E-state index contributed by atoms with van der Waals surface area (Å²) in [5, 5.41) is 8.74. The average Bonchev–Trinajstić information content (AvgIpc) is 2.06. The van der Waals surface area contributed by atoms with E-state index in [0.29, 0.717) is 12.6 Å². The van der Waals surface area contributed by atoms with E-state index >= 15 is 0 Å². The molecule has 14 heavy (non-hydrogen) atoms. The Labute approximate surface area is 84.8 Å². The van der Waals surface area contributed by atoms with Crippen LogP contribution in [0, 0.1) is 5.92 Å². The quantitative estimate of drug-likeness (QED) is 0.691. The van der Waals surface area contributed by atoms with Gasteiger partial charge in [0, 0.05) is 19.7 Å². The Hall–Kier alpha value is -0.610. The van der Waals surface area contributed by atoms with Crippen LogP contribution in [-0.2, 0) is 9.53 Å². The van der Waals surface area contributed by atoms with Gasteiger partial charge >= 0.3 is 5.97 Å². The van der Waals surface area contributed by atoms with Crippen molar-refractivity contribution in [2.45, 2.75) is 25.8 Å². The van der Waals surface area contributed by atoms with Crippen LogP contribution in [0.2, 0.25) is 0 Å². The summed E-state index contributed by atoms with van der Waals surface area (Å²) in [6, 6.07) is 0.455. The Balaban J connectivity index is 2.32. The number of carbonyl (C=O) groups is 1. The standard InChI is InChI=1S/C10H19NO3/c1-8-5-9(6-8)11(3-4-14-2)7-10(12)13/h8-9H,3-7H2,1-2H3,(H,12,13). The van der Waals surface area contributed by atoms with Crippen LogP contribution in [0.25, 0.3) is 0 Å². The second-order valence-corrected chi connectivity index (χ2v) is 4.09. The Bertz CT molecular complexity index is 190. The first-order valence-corrected chi connectivity index (χ1v) is 5.08. The molecule has 0 unspecified atom stereocenters. The molecule has 0 radical (unpaired) electrons. The van der Waals surface area contributed by atoms with Gasteiger partial charge in [0.05, 0.1) is 13.2 Å². The van der Waals surface area contributed by atoms with E-state index in [-0.39, 0.29) is 6.54 Å². The SMILES string of the molecule is COCCN(CC(=O)O)C1CC(C)C1. The van der Waals surface area contributed by atoms with E-state index in [4.69, 9.17) is 9.84 Å². The predicted octanol–water partition coefficient (Wildman–Crippen LogP) is 0.818. The van der Waals surface area contributed by atoms with Crippen LogP contribution in [0.1, 0.15) is 19.8 Å². The summed E-state index contributed by atoms with van der Waals surface area (Å²) in [5.41, 5.74) is 0. The summed E-state index contributed by atoms with van der Waals surface area (Å²) in [5.74, 6) is -0.000467. The molecule has 1 rings (SSSR count). The third-order valence-electron chi connectivity index (χ3n) is 2.79. The lowest BCUT2D eigenvalue weighted by atomic mass is 9.81. The summed E-state index contributed by atoms with van der Waals surface area (Å²) >= 11 is 0. The van der Waals surface area contributed by atoms with Crippen molar-refractivity contribution in [3.63, 3.8) is 0 Å². The Morgan fingerprint density at radius 3 is 2.64 bits per heavy atom. The molecule has 0 saturated heterocycles. The Kier molecular flexibility index (Phi) is 4.35. The Morgan fingerprint density at radius 2 is 2.21 bits per heavy atom. The first-order chi connectivity index (χ1) is 6.63. The van der Waals surface area contributed by atoms with E-state index in [1.807, 2.05) is 4.90 Å². The van der Waals surface area contributed by atoms with E-state index in [1.165, 1.54) is 0 Å². The van der Waals surface area contributed by atoms with Gasteiger partial charge in [0.25, 0.3) is 0 Å². The van der Waals surface area contributed by atoms with E-state index < -0.39 is 5.97 Å². The minimum atomic E-state index is -0.749. The van der Waals surface area contributed by atoms with Crippen LogP contribution in [-0.4, -0.2) is 48.8 Å². The highest BCUT2D eigenvalue weighted by Gasteiger charge is 2.31. The molecule has 0 aromatic carbocycles.